The van der Waals surface area contributed by atoms with Crippen molar-refractivity contribution in [1.82, 2.24) is 4.31 Å². The van der Waals surface area contributed by atoms with Crippen LogP contribution in [0.25, 0.3) is 0 Å². The van der Waals surface area contributed by atoms with Gasteiger partial charge in [0.2, 0.25) is 10.0 Å². The molecule has 0 bridgehead atoms. The summed E-state index contributed by atoms with van der Waals surface area (Å²) in [6, 6.07) is 3.96. The molecule has 8 heteroatoms. The molecule has 1 heterocycles. The quantitative estimate of drug-likeness (QED) is 0.667. The number of aliphatic hydroxyl groups is 1. The zero-order chi connectivity index (χ0) is 15.6. The number of hydrogen-bond donors (Lipinski definition) is 1. The fourth-order valence-corrected chi connectivity index (χ4v) is 3.92. The summed E-state index contributed by atoms with van der Waals surface area (Å²) in [5, 5.41) is 20.0. The first-order valence-corrected chi connectivity index (χ1v) is 8.16. The minimum absolute atomic E-state index is 0.0535. The first-order chi connectivity index (χ1) is 9.86. The van der Waals surface area contributed by atoms with E-state index >= 15 is 0 Å². The third-order valence-corrected chi connectivity index (χ3v) is 5.74. The molecule has 1 aliphatic heterocycles. The fraction of sp³-hybridized carbons (Fsp3) is 0.538. The Balaban J connectivity index is 2.28. The van der Waals surface area contributed by atoms with E-state index < -0.39 is 14.9 Å². The number of nitrogens with zero attached hydrogens (tertiary/aromatic N) is 2. The third-order valence-electron chi connectivity index (χ3n) is 3.85. The van der Waals surface area contributed by atoms with E-state index in [2.05, 4.69) is 0 Å². The van der Waals surface area contributed by atoms with Crippen LogP contribution in [0.15, 0.2) is 23.1 Å². The van der Waals surface area contributed by atoms with Crippen molar-refractivity contribution >= 4 is 15.7 Å². The molecule has 0 aliphatic carbocycles. The van der Waals surface area contributed by atoms with Crippen molar-refractivity contribution in [3.05, 3.63) is 33.9 Å². The smallest absolute Gasteiger partial charge is 0.273 e. The highest BCUT2D eigenvalue weighted by Crippen LogP contribution is 2.27. The molecular formula is C13H18N2O5S. The van der Waals surface area contributed by atoms with Crippen molar-refractivity contribution in [2.45, 2.75) is 24.7 Å². The number of nitro groups is 1. The highest BCUT2D eigenvalue weighted by atomic mass is 32.2. The first kappa shape index (κ1) is 15.9. The average molecular weight is 314 g/mol. The van der Waals surface area contributed by atoms with Gasteiger partial charge in [-0.05, 0) is 31.7 Å². The summed E-state index contributed by atoms with van der Waals surface area (Å²) in [5.74, 6) is 0.129. The number of aliphatic hydroxyl groups excluding tert-OH is 1. The maximum Gasteiger partial charge on any atom is 0.273 e. The molecule has 0 radical (unpaired) electrons. The minimum atomic E-state index is -3.72. The molecule has 0 atom stereocenters. The van der Waals surface area contributed by atoms with E-state index in [1.54, 1.807) is 6.92 Å². The Morgan fingerprint density at radius 3 is 2.52 bits per heavy atom. The Morgan fingerprint density at radius 1 is 1.38 bits per heavy atom. The second-order valence-corrected chi connectivity index (χ2v) is 7.17. The summed E-state index contributed by atoms with van der Waals surface area (Å²) in [7, 11) is -3.72. The Hall–Kier alpha value is -1.51. The van der Waals surface area contributed by atoms with Crippen LogP contribution in [0.2, 0.25) is 0 Å². The lowest BCUT2D eigenvalue weighted by molar-refractivity contribution is -0.385. The average Bonchev–Trinajstić information content (AvgIpc) is 2.47. The number of benzene rings is 1. The molecule has 21 heavy (non-hydrogen) atoms. The van der Waals surface area contributed by atoms with Crippen LogP contribution >= 0.6 is 0 Å². The summed E-state index contributed by atoms with van der Waals surface area (Å²) < 4.78 is 26.3. The molecule has 0 aromatic heterocycles. The SMILES string of the molecule is Cc1ccc(S(=O)(=O)N2CCC(CO)CC2)cc1[N+](=O)[O-]. The summed E-state index contributed by atoms with van der Waals surface area (Å²) in [6.07, 6.45) is 1.20. The van der Waals surface area contributed by atoms with Crippen molar-refractivity contribution < 1.29 is 18.4 Å². The molecule has 0 spiro atoms. The molecule has 2 rings (SSSR count). The van der Waals surface area contributed by atoms with Gasteiger partial charge in [0, 0.05) is 31.3 Å². The molecule has 1 aliphatic rings. The van der Waals surface area contributed by atoms with E-state index in [4.69, 9.17) is 5.11 Å². The number of sulfonamides is 1. The van der Waals surface area contributed by atoms with Crippen LogP contribution in [0.5, 0.6) is 0 Å². The van der Waals surface area contributed by atoms with Crippen LogP contribution in [0, 0.1) is 23.0 Å². The first-order valence-electron chi connectivity index (χ1n) is 6.72. The van der Waals surface area contributed by atoms with Gasteiger partial charge < -0.3 is 5.11 Å². The Morgan fingerprint density at radius 2 is 2.00 bits per heavy atom. The number of nitro benzene ring substituents is 1. The molecule has 116 valence electrons. The lowest BCUT2D eigenvalue weighted by Crippen LogP contribution is -2.39. The zero-order valence-electron chi connectivity index (χ0n) is 11.7. The van der Waals surface area contributed by atoms with Gasteiger partial charge in [-0.2, -0.15) is 4.31 Å². The van der Waals surface area contributed by atoms with E-state index in [9.17, 15) is 18.5 Å². The van der Waals surface area contributed by atoms with Gasteiger partial charge in [0.05, 0.1) is 9.82 Å². The predicted octanol–water partition coefficient (Wildman–Crippen LogP) is 1.30. The highest BCUT2D eigenvalue weighted by Gasteiger charge is 2.30. The molecule has 1 saturated heterocycles. The number of piperidine rings is 1. The summed E-state index contributed by atoms with van der Waals surface area (Å²) in [5.41, 5.74) is 0.235. The standard InChI is InChI=1S/C13H18N2O5S/c1-10-2-3-12(8-13(10)15(17)18)21(19,20)14-6-4-11(9-16)5-7-14/h2-3,8,11,16H,4-7,9H2,1H3. The van der Waals surface area contributed by atoms with Crippen molar-refractivity contribution in [2.75, 3.05) is 19.7 Å². The number of rotatable bonds is 4. The van der Waals surface area contributed by atoms with Gasteiger partial charge in [0.1, 0.15) is 0 Å². The largest absolute Gasteiger partial charge is 0.396 e. The van der Waals surface area contributed by atoms with E-state index in [1.807, 2.05) is 0 Å². The molecule has 7 nitrogen and oxygen atoms in total. The monoisotopic (exact) mass is 314 g/mol. The molecule has 1 aromatic rings. The number of hydrogen-bond acceptors (Lipinski definition) is 5. The van der Waals surface area contributed by atoms with Crippen molar-refractivity contribution in [3.8, 4) is 0 Å². The molecular weight excluding hydrogens is 296 g/mol. The fourth-order valence-electron chi connectivity index (χ4n) is 2.43. The molecule has 0 unspecified atom stereocenters. The number of aryl methyl sites for hydroxylation is 1. The van der Waals surface area contributed by atoms with Gasteiger partial charge >= 0.3 is 0 Å². The summed E-state index contributed by atoms with van der Waals surface area (Å²) >= 11 is 0. The van der Waals surface area contributed by atoms with E-state index in [0.29, 0.717) is 31.5 Å². The molecule has 0 amide bonds. The third kappa shape index (κ3) is 3.22. The normalized spacial score (nSPS) is 17.8. The molecule has 1 N–H and O–H groups in total. The maximum atomic E-state index is 12.5. The van der Waals surface area contributed by atoms with Crippen molar-refractivity contribution in [1.29, 1.82) is 0 Å². The maximum absolute atomic E-state index is 12.5. The van der Waals surface area contributed by atoms with Gasteiger partial charge in [0.25, 0.3) is 5.69 Å². The summed E-state index contributed by atoms with van der Waals surface area (Å²) in [6.45, 7) is 2.29. The van der Waals surface area contributed by atoms with E-state index in [0.717, 1.165) is 6.07 Å². The van der Waals surface area contributed by atoms with Crippen LogP contribution in [0.4, 0.5) is 5.69 Å². The van der Waals surface area contributed by atoms with Crippen LogP contribution in [0.3, 0.4) is 0 Å². The van der Waals surface area contributed by atoms with Gasteiger partial charge in [-0.25, -0.2) is 8.42 Å². The predicted molar refractivity (Wildman–Crippen MR) is 76.4 cm³/mol. The van der Waals surface area contributed by atoms with Crippen molar-refractivity contribution in [3.63, 3.8) is 0 Å². The minimum Gasteiger partial charge on any atom is -0.396 e. The van der Waals surface area contributed by atoms with E-state index in [-0.39, 0.29) is 23.1 Å². The van der Waals surface area contributed by atoms with Crippen LogP contribution in [0.1, 0.15) is 18.4 Å². The van der Waals surface area contributed by atoms with Gasteiger partial charge in [0.15, 0.2) is 0 Å². The second kappa shape index (κ2) is 6.08. The van der Waals surface area contributed by atoms with Crippen LogP contribution in [-0.2, 0) is 10.0 Å². The Kier molecular flexibility index (Phi) is 4.60. The highest BCUT2D eigenvalue weighted by molar-refractivity contribution is 7.89. The van der Waals surface area contributed by atoms with Gasteiger partial charge in [-0.1, -0.05) is 6.07 Å². The van der Waals surface area contributed by atoms with Crippen LogP contribution in [-0.4, -0.2) is 42.4 Å². The molecule has 1 aromatic carbocycles. The lowest BCUT2D eigenvalue weighted by Gasteiger charge is -2.30. The molecule has 1 fully saturated rings. The lowest BCUT2D eigenvalue weighted by atomic mass is 10.00. The van der Waals surface area contributed by atoms with E-state index in [1.165, 1.54) is 16.4 Å². The van der Waals surface area contributed by atoms with Crippen molar-refractivity contribution in [2.24, 2.45) is 5.92 Å². The summed E-state index contributed by atoms with van der Waals surface area (Å²) in [4.78, 5) is 10.3. The molecule has 0 saturated carbocycles. The van der Waals surface area contributed by atoms with Gasteiger partial charge in [-0.15, -0.1) is 0 Å². The topological polar surface area (TPSA) is 101 Å². The van der Waals surface area contributed by atoms with Gasteiger partial charge in [-0.3, -0.25) is 10.1 Å². The second-order valence-electron chi connectivity index (χ2n) is 5.24. The van der Waals surface area contributed by atoms with Crippen LogP contribution < -0.4 is 0 Å². The Bertz CT molecular complexity index is 636. The zero-order valence-corrected chi connectivity index (χ0v) is 12.5. The Labute approximate surface area is 123 Å².